The Bertz CT molecular complexity index is 14.9. The molecule has 0 aromatic heterocycles. The molecule has 4 heavy (non-hydrogen) atoms. The molecule has 0 rings (SSSR count). The molecule has 1 atom stereocenters. The van der Waals surface area contributed by atoms with Gasteiger partial charge >= 0.3 is 74.4 Å². The molecule has 0 saturated heterocycles. The van der Waals surface area contributed by atoms with Crippen molar-refractivity contribution in [1.82, 2.24) is 0 Å². The van der Waals surface area contributed by atoms with Crippen molar-refractivity contribution in [3.8, 4) is 0 Å². The van der Waals surface area contributed by atoms with Crippen molar-refractivity contribution in [2.24, 2.45) is 0 Å². The van der Waals surface area contributed by atoms with Gasteiger partial charge in [-0.2, -0.15) is 9.90 Å². The van der Waals surface area contributed by atoms with Gasteiger partial charge in [-0.05, 0) is 0 Å². The van der Waals surface area contributed by atoms with E-state index in [4.69, 9.17) is 0 Å². The maximum Gasteiger partial charge on any atom is 2.00 e. The van der Waals surface area contributed by atoms with Crippen molar-refractivity contribution >= 4 is 33.0 Å². The van der Waals surface area contributed by atoms with Crippen molar-refractivity contribution < 1.29 is 72.7 Å². The maximum absolute atomic E-state index is 0. The van der Waals surface area contributed by atoms with Crippen LogP contribution in [0.2, 0.25) is 0 Å². The van der Waals surface area contributed by atoms with Crippen molar-refractivity contribution in [2.75, 3.05) is 0 Å². The van der Waals surface area contributed by atoms with Gasteiger partial charge in [0.05, 0.1) is 0 Å². The molecule has 0 N–H and O–H groups in total. The molecule has 22 valence electrons. The van der Waals surface area contributed by atoms with Crippen LogP contribution in [0.25, 0.3) is 0 Å². The van der Waals surface area contributed by atoms with E-state index in [2.05, 4.69) is 0 Å². The van der Waals surface area contributed by atoms with E-state index in [1.165, 1.54) is 0 Å². The molecule has 0 aromatic rings. The summed E-state index contributed by atoms with van der Waals surface area (Å²) < 4.78 is 0. The third kappa shape index (κ3) is 9.02. The maximum atomic E-state index is 0. The van der Waals surface area contributed by atoms with E-state index in [1.54, 1.807) is 0 Å². The molecular weight excluding hydrogens is 150 g/mol. The van der Waals surface area contributed by atoms with E-state index >= 15 is 0 Å². The van der Waals surface area contributed by atoms with Crippen LogP contribution >= 0.6 is 9.90 Å². The fourth-order valence-electron chi connectivity index (χ4n) is 0. The Morgan fingerprint density at radius 3 is 1.25 bits per heavy atom. The molecule has 0 radical (unpaired) electrons. The second-order valence-electron chi connectivity index (χ2n) is 0. The second kappa shape index (κ2) is 16.2. The summed E-state index contributed by atoms with van der Waals surface area (Å²) in [6, 6.07) is 0. The minimum Gasteiger partial charge on any atom is -1.00 e. The summed E-state index contributed by atoms with van der Waals surface area (Å²) in [6.07, 6.45) is 0. The summed E-state index contributed by atoms with van der Waals surface area (Å²) in [4.78, 5) is 0. The molecule has 1 unspecified atom stereocenters. The molecule has 0 heterocycles. The summed E-state index contributed by atoms with van der Waals surface area (Å²) in [5, 5.41) is 0. The molecule has 0 aliphatic carbocycles. The van der Waals surface area contributed by atoms with E-state index in [0.717, 1.165) is 0 Å². The molecular formula is H6FeKMgP. The first kappa shape index (κ1) is 26.4. The van der Waals surface area contributed by atoms with Gasteiger partial charge in [-0.15, -0.1) is 0 Å². The molecule has 0 spiro atoms. The van der Waals surface area contributed by atoms with Gasteiger partial charge in [-0.1, -0.05) is 0 Å². The average Bonchev–Trinajstić information content (AvgIpc) is 0. The van der Waals surface area contributed by atoms with Gasteiger partial charge in [-0.25, -0.2) is 0 Å². The second-order valence-corrected chi connectivity index (χ2v) is 0. The summed E-state index contributed by atoms with van der Waals surface area (Å²) in [5.41, 5.74) is 0. The number of hydrogen-bond acceptors (Lipinski definition) is 0. The van der Waals surface area contributed by atoms with Crippen LogP contribution in [0.5, 0.6) is 0 Å². The fraction of sp³-hybridized carbons (Fsp3) is 0. The van der Waals surface area contributed by atoms with Gasteiger partial charge in [0, 0.05) is 17.1 Å². The van der Waals surface area contributed by atoms with Crippen molar-refractivity contribution in [3.05, 3.63) is 0 Å². The average molecular weight is 156 g/mol. The first-order valence-corrected chi connectivity index (χ1v) is 0. The quantitative estimate of drug-likeness (QED) is 0.259. The minimum atomic E-state index is 0. The Morgan fingerprint density at radius 1 is 1.25 bits per heavy atom. The summed E-state index contributed by atoms with van der Waals surface area (Å²) in [5.74, 6) is 0. The molecule has 0 aromatic carbocycles. The van der Waals surface area contributed by atoms with Crippen LogP contribution in [0.15, 0.2) is 0 Å². The van der Waals surface area contributed by atoms with Crippen molar-refractivity contribution in [3.63, 3.8) is 0 Å². The van der Waals surface area contributed by atoms with Crippen LogP contribution in [-0.4, -0.2) is 23.1 Å². The molecule has 0 aliphatic heterocycles. The van der Waals surface area contributed by atoms with Gasteiger partial charge in [0.1, 0.15) is 0 Å². The zero-order chi connectivity index (χ0) is 0. The van der Waals surface area contributed by atoms with E-state index < -0.39 is 0 Å². The van der Waals surface area contributed by atoms with Crippen LogP contribution in [0.1, 0.15) is 4.28 Å². The summed E-state index contributed by atoms with van der Waals surface area (Å²) in [6.45, 7) is 0. The fourth-order valence-corrected chi connectivity index (χ4v) is 0. The zero-order valence-electron chi connectivity index (χ0n) is 5.77. The topological polar surface area (TPSA) is 0 Å². The molecule has 0 amide bonds. The van der Waals surface area contributed by atoms with Gasteiger partial charge < -0.3 is 4.28 Å². The monoisotopic (exact) mass is 156 g/mol. The molecule has 0 bridgehead atoms. The standard InChI is InChI=1S/Fe.K.Mg.H3P.3H/h;;;1H3;;;/q;+1;+2;;3*-1. The molecule has 0 fully saturated rings. The van der Waals surface area contributed by atoms with E-state index in [-0.39, 0.29) is 106 Å². The van der Waals surface area contributed by atoms with Gasteiger partial charge in [0.25, 0.3) is 0 Å². The third-order valence-corrected chi connectivity index (χ3v) is 0. The first-order valence-electron chi connectivity index (χ1n) is 0. The third-order valence-electron chi connectivity index (χ3n) is 0. The molecule has 0 saturated carbocycles. The van der Waals surface area contributed by atoms with E-state index in [1.807, 2.05) is 0 Å². The first-order chi connectivity index (χ1) is 0. The SMILES string of the molecule is P.[Fe].[H-].[H-].[H-].[K+].[Mg+2]. The Balaban J connectivity index is 0. The summed E-state index contributed by atoms with van der Waals surface area (Å²) >= 11 is 0. The zero-order valence-corrected chi connectivity index (χ0v) is 9.82. The van der Waals surface area contributed by atoms with Crippen molar-refractivity contribution in [1.29, 1.82) is 0 Å². The largest absolute Gasteiger partial charge is 2.00 e. The van der Waals surface area contributed by atoms with Crippen molar-refractivity contribution in [2.45, 2.75) is 0 Å². The van der Waals surface area contributed by atoms with Gasteiger partial charge in [0.15, 0.2) is 0 Å². The van der Waals surface area contributed by atoms with Gasteiger partial charge in [0.2, 0.25) is 0 Å². The van der Waals surface area contributed by atoms with Crippen LogP contribution < -0.4 is 51.4 Å². The van der Waals surface area contributed by atoms with Crippen LogP contribution in [-0.2, 0) is 17.1 Å². The Hall–Kier alpha value is 3.35. The Kier molecular flexibility index (Phi) is 107. The summed E-state index contributed by atoms with van der Waals surface area (Å²) in [7, 11) is 0. The number of rotatable bonds is 0. The number of hydrogen-bond donors (Lipinski definition) is 0. The van der Waals surface area contributed by atoms with Crippen LogP contribution in [0.4, 0.5) is 0 Å². The smallest absolute Gasteiger partial charge is 1.00 e. The predicted molar refractivity (Wildman–Crippen MR) is 20.2 cm³/mol. The Morgan fingerprint density at radius 2 is 1.25 bits per heavy atom. The van der Waals surface area contributed by atoms with Gasteiger partial charge in [-0.3, -0.25) is 0 Å². The van der Waals surface area contributed by atoms with E-state index in [0.29, 0.717) is 0 Å². The Labute approximate surface area is 103 Å². The van der Waals surface area contributed by atoms with Crippen LogP contribution in [0.3, 0.4) is 0 Å². The molecule has 0 aliphatic rings. The molecule has 4 heteroatoms. The van der Waals surface area contributed by atoms with Crippen LogP contribution in [0, 0.1) is 0 Å². The molecule has 0 nitrogen and oxygen atoms in total. The predicted octanol–water partition coefficient (Wildman–Crippen LogP) is -2.98. The minimum absolute atomic E-state index is 0. The normalized spacial score (nSPS) is 0. The van der Waals surface area contributed by atoms with E-state index in [9.17, 15) is 0 Å².